The smallest absolute Gasteiger partial charge is 0.269 e. The van der Waals surface area contributed by atoms with Gasteiger partial charge in [0.05, 0.1) is 24.9 Å². The van der Waals surface area contributed by atoms with Gasteiger partial charge in [0.1, 0.15) is 22.1 Å². The summed E-state index contributed by atoms with van der Waals surface area (Å²) in [6.45, 7) is 0.537. The van der Waals surface area contributed by atoms with Crippen molar-refractivity contribution in [2.24, 2.45) is 4.99 Å². The number of ether oxygens (including phenoxy) is 2. The van der Waals surface area contributed by atoms with Gasteiger partial charge in [0.2, 0.25) is 0 Å². The molecule has 35 heavy (non-hydrogen) atoms. The van der Waals surface area contributed by atoms with E-state index in [0.29, 0.717) is 28.1 Å². The number of rotatable bonds is 6. The van der Waals surface area contributed by atoms with E-state index >= 15 is 0 Å². The van der Waals surface area contributed by atoms with Gasteiger partial charge in [-0.2, -0.15) is 0 Å². The summed E-state index contributed by atoms with van der Waals surface area (Å²) in [6, 6.07) is 23.8. The molecule has 6 nitrogen and oxygen atoms in total. The first-order valence-electron chi connectivity index (χ1n) is 11.2. The lowest BCUT2D eigenvalue weighted by Gasteiger charge is -2.17. The molecule has 0 saturated carbocycles. The van der Waals surface area contributed by atoms with E-state index in [-0.39, 0.29) is 5.91 Å². The topological polar surface area (TPSA) is 54.4 Å². The maximum atomic E-state index is 13.8. The van der Waals surface area contributed by atoms with Gasteiger partial charge < -0.3 is 14.4 Å². The molecular formula is C27H25N3O3S2. The Morgan fingerprint density at radius 3 is 2.46 bits per heavy atom. The van der Waals surface area contributed by atoms with Crippen LogP contribution in [0.3, 0.4) is 0 Å². The van der Waals surface area contributed by atoms with Gasteiger partial charge >= 0.3 is 0 Å². The van der Waals surface area contributed by atoms with Crippen LogP contribution in [0.15, 0.2) is 92.6 Å². The van der Waals surface area contributed by atoms with Crippen molar-refractivity contribution < 1.29 is 14.3 Å². The minimum atomic E-state index is -0.0336. The molecule has 3 aromatic rings. The van der Waals surface area contributed by atoms with Gasteiger partial charge in [0, 0.05) is 24.6 Å². The van der Waals surface area contributed by atoms with E-state index in [1.165, 1.54) is 17.3 Å². The lowest BCUT2D eigenvalue weighted by molar-refractivity contribution is -0.122. The van der Waals surface area contributed by atoms with Crippen LogP contribution in [0.2, 0.25) is 0 Å². The fraction of sp³-hybridized carbons (Fsp3) is 0.185. The summed E-state index contributed by atoms with van der Waals surface area (Å²) in [5.74, 6) is 1.42. The largest absolute Gasteiger partial charge is 0.497 e. The third-order valence-corrected chi connectivity index (χ3v) is 8.30. The first kappa shape index (κ1) is 23.4. The molecule has 1 saturated heterocycles. The molecule has 0 spiro atoms. The number of hydrogen-bond donors (Lipinski definition) is 0. The van der Waals surface area contributed by atoms with Gasteiger partial charge in [-0.3, -0.25) is 9.69 Å². The van der Waals surface area contributed by atoms with Gasteiger partial charge in [0.15, 0.2) is 5.17 Å². The Labute approximate surface area is 213 Å². The minimum absolute atomic E-state index is 0.0336. The summed E-state index contributed by atoms with van der Waals surface area (Å²) in [4.78, 5) is 24.2. The predicted octanol–water partition coefficient (Wildman–Crippen LogP) is 5.92. The normalized spacial score (nSPS) is 18.4. The molecule has 8 heteroatoms. The Balaban J connectivity index is 1.52. The number of benzene rings is 3. The van der Waals surface area contributed by atoms with E-state index < -0.39 is 0 Å². The first-order chi connectivity index (χ1) is 17.1. The van der Waals surface area contributed by atoms with Gasteiger partial charge in [-0.15, -0.1) is 0 Å². The highest BCUT2D eigenvalue weighted by atomic mass is 32.2. The summed E-state index contributed by atoms with van der Waals surface area (Å²) in [6.07, 6.45) is 0.737. The molecule has 1 amide bonds. The van der Waals surface area contributed by atoms with E-state index in [2.05, 4.69) is 17.0 Å². The third kappa shape index (κ3) is 4.63. The monoisotopic (exact) mass is 503 g/mol. The zero-order valence-corrected chi connectivity index (χ0v) is 21.4. The van der Waals surface area contributed by atoms with E-state index in [4.69, 9.17) is 14.5 Å². The first-order valence-corrected chi connectivity index (χ1v) is 12.8. The number of anilines is 1. The highest BCUT2D eigenvalue weighted by Gasteiger charge is 2.39. The lowest BCUT2D eigenvalue weighted by atomic mass is 10.1. The van der Waals surface area contributed by atoms with Crippen LogP contribution in [0.25, 0.3) is 0 Å². The van der Waals surface area contributed by atoms with Crippen LogP contribution in [0, 0.1) is 0 Å². The number of carbonyl (C=O) groups is 1. The van der Waals surface area contributed by atoms with Crippen molar-refractivity contribution in [1.82, 2.24) is 4.90 Å². The molecule has 5 rings (SSSR count). The molecular weight excluding hydrogens is 478 g/mol. The van der Waals surface area contributed by atoms with Crippen LogP contribution in [0.4, 0.5) is 11.4 Å². The van der Waals surface area contributed by atoms with E-state index in [1.807, 2.05) is 67.7 Å². The molecule has 2 aliphatic rings. The number of thioether (sulfide) groups is 2. The molecule has 0 aliphatic carbocycles. The Morgan fingerprint density at radius 2 is 1.69 bits per heavy atom. The summed E-state index contributed by atoms with van der Waals surface area (Å²) in [5, 5.41) is 1.55. The van der Waals surface area contributed by atoms with Crippen molar-refractivity contribution in [2.75, 3.05) is 32.7 Å². The SMILES string of the molecule is COc1ccc2c(c1)N(C)/C(=C1/SC(=Nc3ccccc3OC)N(CCc3ccccc3)C1=O)S2. The molecule has 0 radical (unpaired) electrons. The maximum Gasteiger partial charge on any atom is 0.269 e. The van der Waals surface area contributed by atoms with Crippen LogP contribution in [-0.4, -0.2) is 43.8 Å². The molecule has 2 aliphatic heterocycles. The van der Waals surface area contributed by atoms with Crippen LogP contribution in [-0.2, 0) is 11.2 Å². The van der Waals surface area contributed by atoms with Gasteiger partial charge in [-0.25, -0.2) is 4.99 Å². The Bertz CT molecular complexity index is 1320. The van der Waals surface area contributed by atoms with Gasteiger partial charge in [0.25, 0.3) is 5.91 Å². The molecule has 0 atom stereocenters. The fourth-order valence-electron chi connectivity index (χ4n) is 3.98. The zero-order valence-electron chi connectivity index (χ0n) is 19.7. The fourth-order valence-corrected chi connectivity index (χ4v) is 6.32. The van der Waals surface area contributed by atoms with Crippen LogP contribution >= 0.6 is 23.5 Å². The predicted molar refractivity (Wildman–Crippen MR) is 144 cm³/mol. The lowest BCUT2D eigenvalue weighted by Crippen LogP contribution is -2.31. The quantitative estimate of drug-likeness (QED) is 0.389. The highest BCUT2D eigenvalue weighted by Crippen LogP contribution is 2.51. The minimum Gasteiger partial charge on any atom is -0.497 e. The van der Waals surface area contributed by atoms with E-state index in [0.717, 1.165) is 27.8 Å². The second-order valence-electron chi connectivity index (χ2n) is 7.99. The van der Waals surface area contributed by atoms with Crippen molar-refractivity contribution in [1.29, 1.82) is 0 Å². The molecule has 3 aromatic carbocycles. The average molecular weight is 504 g/mol. The summed E-state index contributed by atoms with van der Waals surface area (Å²) in [7, 11) is 5.27. The zero-order chi connectivity index (χ0) is 24.4. The summed E-state index contributed by atoms with van der Waals surface area (Å²) >= 11 is 3.01. The molecule has 0 aromatic heterocycles. The summed E-state index contributed by atoms with van der Waals surface area (Å²) < 4.78 is 10.9. The van der Waals surface area contributed by atoms with Crippen LogP contribution in [0.1, 0.15) is 5.56 Å². The number of nitrogens with zero attached hydrogens (tertiary/aromatic N) is 3. The molecule has 178 valence electrons. The molecule has 1 fully saturated rings. The van der Waals surface area contributed by atoms with Crippen molar-refractivity contribution >= 4 is 46.0 Å². The Morgan fingerprint density at radius 1 is 0.914 bits per heavy atom. The van der Waals surface area contributed by atoms with E-state index in [9.17, 15) is 4.79 Å². The highest BCUT2D eigenvalue weighted by molar-refractivity contribution is 8.19. The third-order valence-electron chi connectivity index (χ3n) is 5.86. The Hall–Kier alpha value is -3.36. The number of amides is 1. The van der Waals surface area contributed by atoms with Crippen LogP contribution < -0.4 is 14.4 Å². The number of methoxy groups -OCH3 is 2. The number of carbonyl (C=O) groups excluding carboxylic acids is 1. The van der Waals surface area contributed by atoms with Crippen molar-refractivity contribution in [2.45, 2.75) is 11.3 Å². The number of aliphatic imine (C=N–C) groups is 1. The van der Waals surface area contributed by atoms with Crippen molar-refractivity contribution in [3.05, 3.63) is 88.3 Å². The van der Waals surface area contributed by atoms with E-state index in [1.54, 1.807) is 30.9 Å². The molecule has 2 heterocycles. The number of amidine groups is 1. The molecule has 0 unspecified atom stereocenters. The number of fused-ring (bicyclic) bond motifs is 1. The van der Waals surface area contributed by atoms with Gasteiger partial charge in [-0.1, -0.05) is 54.2 Å². The van der Waals surface area contributed by atoms with Crippen LogP contribution in [0.5, 0.6) is 11.5 Å². The number of hydrogen-bond acceptors (Lipinski definition) is 7. The second kappa shape index (κ2) is 10.1. The van der Waals surface area contributed by atoms with Crippen molar-refractivity contribution in [3.63, 3.8) is 0 Å². The average Bonchev–Trinajstić information content (AvgIpc) is 3.38. The maximum absolute atomic E-state index is 13.8. The second-order valence-corrected chi connectivity index (χ2v) is 10.00. The molecule has 0 N–H and O–H groups in total. The Kier molecular flexibility index (Phi) is 6.74. The summed E-state index contributed by atoms with van der Waals surface area (Å²) in [5.41, 5.74) is 2.90. The number of para-hydroxylation sites is 2. The molecule has 0 bridgehead atoms. The van der Waals surface area contributed by atoms with Crippen molar-refractivity contribution in [3.8, 4) is 11.5 Å². The van der Waals surface area contributed by atoms with Gasteiger partial charge in [-0.05, 0) is 48.0 Å². The standard InChI is InChI=1S/C27H25N3O3S2/c1-29-21-17-19(32-2)13-14-23(21)34-26(29)24-25(31)30(16-15-18-9-5-4-6-10-18)27(35-24)28-20-11-7-8-12-22(20)33-3/h4-14,17H,15-16H2,1-3H3/b26-24-,28-27?.